The molecule has 1 aliphatic rings. The molecule has 2 rings (SSSR count). The molecule has 1 aromatic rings. The van der Waals surface area contributed by atoms with Gasteiger partial charge in [0.1, 0.15) is 5.60 Å². The predicted molar refractivity (Wildman–Crippen MR) is 101 cm³/mol. The smallest absolute Gasteiger partial charge is 0.335 e. The van der Waals surface area contributed by atoms with Crippen LogP contribution in [0, 0.1) is 17.2 Å². The molecule has 8 heteroatoms. The molecule has 2 atom stereocenters. The first-order chi connectivity index (χ1) is 13.0. The summed E-state index contributed by atoms with van der Waals surface area (Å²) in [5.74, 6) is -3.29. The van der Waals surface area contributed by atoms with E-state index in [9.17, 15) is 18.0 Å². The Kier molecular flexibility index (Phi) is 6.30. The molecular weight excluding hydrogens is 382 g/mol. The van der Waals surface area contributed by atoms with Crippen molar-refractivity contribution < 1.29 is 27.5 Å². The summed E-state index contributed by atoms with van der Waals surface area (Å²) in [5, 5.41) is 9.03. The molecule has 0 saturated carbocycles. The molecule has 0 radical (unpaired) electrons. The summed E-state index contributed by atoms with van der Waals surface area (Å²) in [5.41, 5.74) is -0.322. The number of hydrogen-bond acceptors (Lipinski definition) is 7. The zero-order chi connectivity index (χ0) is 21.1. The highest BCUT2D eigenvalue weighted by Gasteiger charge is 2.42. The minimum atomic E-state index is -4.08. The van der Waals surface area contributed by atoms with Crippen LogP contribution in [0.1, 0.15) is 45.8 Å². The Morgan fingerprint density at radius 1 is 1.29 bits per heavy atom. The number of benzene rings is 1. The van der Waals surface area contributed by atoms with Crippen molar-refractivity contribution in [2.24, 2.45) is 5.92 Å². The van der Waals surface area contributed by atoms with E-state index in [0.29, 0.717) is 5.56 Å². The van der Waals surface area contributed by atoms with E-state index < -0.39 is 45.2 Å². The summed E-state index contributed by atoms with van der Waals surface area (Å²) in [6.45, 7) is 6.35. The molecule has 7 nitrogen and oxygen atoms in total. The van der Waals surface area contributed by atoms with E-state index >= 15 is 0 Å². The number of ether oxygens (including phenoxy) is 2. The highest BCUT2D eigenvalue weighted by Crippen LogP contribution is 2.39. The van der Waals surface area contributed by atoms with Gasteiger partial charge < -0.3 is 9.47 Å². The average Bonchev–Trinajstić information content (AvgIpc) is 2.89. The summed E-state index contributed by atoms with van der Waals surface area (Å²) in [6.07, 6.45) is -1.38. The van der Waals surface area contributed by atoms with Crippen LogP contribution in [0.2, 0.25) is 0 Å². The lowest BCUT2D eigenvalue weighted by Crippen LogP contribution is -2.33. The van der Waals surface area contributed by atoms with Crippen molar-refractivity contribution >= 4 is 21.8 Å². The molecular formula is C20H23NO6S. The number of sulfone groups is 1. The molecule has 2 unspecified atom stereocenters. The van der Waals surface area contributed by atoms with Crippen LogP contribution in [-0.2, 0) is 28.9 Å². The van der Waals surface area contributed by atoms with Gasteiger partial charge in [0.15, 0.2) is 15.9 Å². The topological polar surface area (TPSA) is 111 Å². The molecule has 150 valence electrons. The van der Waals surface area contributed by atoms with Crippen LogP contribution in [0.5, 0.6) is 0 Å². The van der Waals surface area contributed by atoms with Crippen molar-refractivity contribution in [2.75, 3.05) is 5.75 Å². The Labute approximate surface area is 164 Å². The third-order valence-corrected chi connectivity index (χ3v) is 6.11. The zero-order valence-corrected chi connectivity index (χ0v) is 17.1. The monoisotopic (exact) mass is 405 g/mol. The second kappa shape index (κ2) is 8.15. The van der Waals surface area contributed by atoms with Gasteiger partial charge in [0, 0.05) is 6.42 Å². The summed E-state index contributed by atoms with van der Waals surface area (Å²) >= 11 is 0. The standard InChI is InChI=1S/C20H23NO6S/c1-13-17(16(26-18(13)22)14-8-6-5-7-9-14)28(24,25)12-15(10-11-21)19(23)27-20(2,3)4/h5-9,15-16H,10,12H2,1-4H3. The lowest BCUT2D eigenvalue weighted by molar-refractivity contribution is -0.159. The highest BCUT2D eigenvalue weighted by atomic mass is 32.2. The summed E-state index contributed by atoms with van der Waals surface area (Å²) < 4.78 is 36.8. The number of esters is 2. The fraction of sp³-hybridized carbons (Fsp3) is 0.450. The van der Waals surface area contributed by atoms with E-state index in [4.69, 9.17) is 14.7 Å². The average molecular weight is 405 g/mol. The molecule has 1 aliphatic heterocycles. The molecule has 0 amide bonds. The fourth-order valence-corrected chi connectivity index (χ4v) is 4.87. The van der Waals surface area contributed by atoms with Gasteiger partial charge in [0.25, 0.3) is 0 Å². The third-order valence-electron chi connectivity index (χ3n) is 4.07. The Bertz CT molecular complexity index is 935. The molecule has 0 fully saturated rings. The van der Waals surface area contributed by atoms with Crippen LogP contribution < -0.4 is 0 Å². The number of nitrogens with zero attached hydrogens (tertiary/aromatic N) is 1. The number of hydrogen-bond donors (Lipinski definition) is 0. The van der Waals surface area contributed by atoms with Gasteiger partial charge in [-0.3, -0.25) is 4.79 Å². The van der Waals surface area contributed by atoms with E-state index in [1.54, 1.807) is 51.1 Å². The van der Waals surface area contributed by atoms with Crippen molar-refractivity contribution in [1.29, 1.82) is 5.26 Å². The number of rotatable bonds is 6. The van der Waals surface area contributed by atoms with Crippen molar-refractivity contribution in [3.05, 3.63) is 46.4 Å². The van der Waals surface area contributed by atoms with Crippen LogP contribution in [0.15, 0.2) is 40.8 Å². The van der Waals surface area contributed by atoms with Crippen LogP contribution in [0.4, 0.5) is 0 Å². The SMILES string of the molecule is CC1=C(S(=O)(=O)CC(CC#N)C(=O)OC(C)(C)C)C(c2ccccc2)OC1=O. The van der Waals surface area contributed by atoms with Crippen LogP contribution in [-0.4, -0.2) is 31.7 Å². The predicted octanol–water partition coefficient (Wildman–Crippen LogP) is 2.84. The van der Waals surface area contributed by atoms with E-state index in [-0.39, 0.29) is 16.9 Å². The molecule has 0 N–H and O–H groups in total. The second-order valence-electron chi connectivity index (χ2n) is 7.56. The van der Waals surface area contributed by atoms with Gasteiger partial charge in [-0.2, -0.15) is 5.26 Å². The summed E-state index contributed by atoms with van der Waals surface area (Å²) in [4.78, 5) is 24.3. The van der Waals surface area contributed by atoms with Gasteiger partial charge in [0.05, 0.1) is 28.2 Å². The minimum absolute atomic E-state index is 0.0197. The van der Waals surface area contributed by atoms with Gasteiger partial charge in [0.2, 0.25) is 0 Å². The van der Waals surface area contributed by atoms with Crippen LogP contribution in [0.3, 0.4) is 0 Å². The first-order valence-corrected chi connectivity index (χ1v) is 10.4. The van der Waals surface area contributed by atoms with Crippen molar-refractivity contribution in [1.82, 2.24) is 0 Å². The van der Waals surface area contributed by atoms with Gasteiger partial charge in [-0.15, -0.1) is 0 Å². The van der Waals surface area contributed by atoms with Gasteiger partial charge in [-0.05, 0) is 33.3 Å². The maximum Gasteiger partial charge on any atom is 0.335 e. The normalized spacial score (nSPS) is 18.4. The number of carbonyl (C=O) groups is 2. The molecule has 0 bridgehead atoms. The zero-order valence-electron chi connectivity index (χ0n) is 16.3. The number of nitriles is 1. The maximum absolute atomic E-state index is 13.1. The molecule has 1 heterocycles. The summed E-state index contributed by atoms with van der Waals surface area (Å²) in [7, 11) is -4.08. The Balaban J connectivity index is 2.38. The summed E-state index contributed by atoms with van der Waals surface area (Å²) in [6, 6.07) is 10.3. The van der Waals surface area contributed by atoms with Crippen molar-refractivity contribution in [3.63, 3.8) is 0 Å². The van der Waals surface area contributed by atoms with E-state index in [1.165, 1.54) is 6.92 Å². The minimum Gasteiger partial charge on any atom is -0.460 e. The quantitative estimate of drug-likeness (QED) is 0.669. The number of carbonyl (C=O) groups excluding carboxylic acids is 2. The highest BCUT2D eigenvalue weighted by molar-refractivity contribution is 7.95. The molecule has 0 spiro atoms. The van der Waals surface area contributed by atoms with E-state index in [2.05, 4.69) is 0 Å². The molecule has 0 saturated heterocycles. The van der Waals surface area contributed by atoms with Gasteiger partial charge in [-0.1, -0.05) is 30.3 Å². The van der Waals surface area contributed by atoms with E-state index in [0.717, 1.165) is 0 Å². The number of cyclic esters (lactones) is 1. The maximum atomic E-state index is 13.1. The largest absolute Gasteiger partial charge is 0.460 e. The molecule has 28 heavy (non-hydrogen) atoms. The molecule has 1 aromatic carbocycles. The lowest BCUT2D eigenvalue weighted by atomic mass is 10.1. The first kappa shape index (κ1) is 21.6. The van der Waals surface area contributed by atoms with E-state index in [1.807, 2.05) is 6.07 Å². The van der Waals surface area contributed by atoms with Crippen LogP contribution >= 0.6 is 0 Å². The Morgan fingerprint density at radius 3 is 2.43 bits per heavy atom. The fourth-order valence-electron chi connectivity index (χ4n) is 2.85. The van der Waals surface area contributed by atoms with Crippen molar-refractivity contribution in [3.8, 4) is 6.07 Å². The Hall–Kier alpha value is -2.66. The molecule has 0 aromatic heterocycles. The molecule has 0 aliphatic carbocycles. The second-order valence-corrected chi connectivity index (χ2v) is 9.56. The van der Waals surface area contributed by atoms with Gasteiger partial charge in [-0.25, -0.2) is 13.2 Å². The first-order valence-electron chi connectivity index (χ1n) is 8.75. The van der Waals surface area contributed by atoms with Crippen molar-refractivity contribution in [2.45, 2.75) is 45.8 Å². The van der Waals surface area contributed by atoms with Crippen LogP contribution in [0.25, 0.3) is 0 Å². The van der Waals surface area contributed by atoms with Gasteiger partial charge >= 0.3 is 11.9 Å². The lowest BCUT2D eigenvalue weighted by Gasteiger charge is -2.23. The third kappa shape index (κ3) is 4.98. The Morgan fingerprint density at radius 2 is 1.89 bits per heavy atom.